The fourth-order valence-electron chi connectivity index (χ4n) is 0.789. The molecular formula is C8H18O2. The van der Waals surface area contributed by atoms with Crippen LogP contribution in [0.4, 0.5) is 0 Å². The quantitative estimate of drug-likeness (QED) is 0.624. The predicted molar refractivity (Wildman–Crippen MR) is 41.7 cm³/mol. The second-order valence-corrected chi connectivity index (χ2v) is 3.47. The number of aliphatic hydroxyl groups excluding tert-OH is 2. The van der Waals surface area contributed by atoms with Gasteiger partial charge in [-0.2, -0.15) is 0 Å². The topological polar surface area (TPSA) is 40.5 Å². The van der Waals surface area contributed by atoms with Crippen LogP contribution in [0.2, 0.25) is 0 Å². The first-order chi connectivity index (χ1) is 4.46. The average molecular weight is 146 g/mol. The SMILES string of the molecule is CC(C)[C@H](O)[C@@H](O)C(C)C. The molecule has 0 unspecified atom stereocenters. The van der Waals surface area contributed by atoms with Crippen LogP contribution in [0.5, 0.6) is 0 Å². The van der Waals surface area contributed by atoms with E-state index >= 15 is 0 Å². The van der Waals surface area contributed by atoms with Crippen LogP contribution in [0.15, 0.2) is 0 Å². The Kier molecular flexibility index (Phi) is 3.91. The Balaban J connectivity index is 3.81. The summed E-state index contributed by atoms with van der Waals surface area (Å²) in [4.78, 5) is 0. The molecule has 62 valence electrons. The Morgan fingerprint density at radius 2 is 0.900 bits per heavy atom. The maximum atomic E-state index is 9.32. The Labute approximate surface area is 62.9 Å². The summed E-state index contributed by atoms with van der Waals surface area (Å²) in [7, 11) is 0. The summed E-state index contributed by atoms with van der Waals surface area (Å²) in [5.41, 5.74) is 0. The molecular weight excluding hydrogens is 128 g/mol. The molecule has 0 radical (unpaired) electrons. The van der Waals surface area contributed by atoms with Crippen LogP contribution < -0.4 is 0 Å². The van der Waals surface area contributed by atoms with Crippen LogP contribution in [0, 0.1) is 11.8 Å². The van der Waals surface area contributed by atoms with Gasteiger partial charge in [-0.15, -0.1) is 0 Å². The molecule has 0 fully saturated rings. The molecule has 0 aromatic heterocycles. The van der Waals surface area contributed by atoms with Gasteiger partial charge in [0.2, 0.25) is 0 Å². The van der Waals surface area contributed by atoms with E-state index in [9.17, 15) is 10.2 Å². The van der Waals surface area contributed by atoms with Crippen LogP contribution >= 0.6 is 0 Å². The van der Waals surface area contributed by atoms with Gasteiger partial charge in [0.15, 0.2) is 0 Å². The van der Waals surface area contributed by atoms with Gasteiger partial charge < -0.3 is 10.2 Å². The number of hydrogen-bond acceptors (Lipinski definition) is 2. The van der Waals surface area contributed by atoms with Crippen LogP contribution in [0.25, 0.3) is 0 Å². The van der Waals surface area contributed by atoms with E-state index in [1.807, 2.05) is 27.7 Å². The summed E-state index contributed by atoms with van der Waals surface area (Å²) < 4.78 is 0. The normalized spacial score (nSPS) is 18.0. The van der Waals surface area contributed by atoms with Crippen molar-refractivity contribution in [3.63, 3.8) is 0 Å². The van der Waals surface area contributed by atoms with Crippen molar-refractivity contribution in [3.8, 4) is 0 Å². The second-order valence-electron chi connectivity index (χ2n) is 3.47. The maximum absolute atomic E-state index is 9.32. The Hall–Kier alpha value is -0.0800. The predicted octanol–water partition coefficient (Wildman–Crippen LogP) is 1.02. The zero-order valence-electron chi connectivity index (χ0n) is 7.20. The van der Waals surface area contributed by atoms with Crippen LogP contribution in [-0.4, -0.2) is 22.4 Å². The van der Waals surface area contributed by atoms with E-state index in [2.05, 4.69) is 0 Å². The minimum Gasteiger partial charge on any atom is -0.390 e. The number of rotatable bonds is 3. The molecule has 0 amide bonds. The van der Waals surface area contributed by atoms with Gasteiger partial charge in [0.1, 0.15) is 0 Å². The molecule has 0 rings (SSSR count). The van der Waals surface area contributed by atoms with Gasteiger partial charge in [0, 0.05) is 0 Å². The summed E-state index contributed by atoms with van der Waals surface area (Å²) in [6.45, 7) is 7.60. The highest BCUT2D eigenvalue weighted by Crippen LogP contribution is 2.12. The summed E-state index contributed by atoms with van der Waals surface area (Å²) in [5.74, 6) is 0.273. The molecule has 0 aromatic rings. The molecule has 0 aliphatic carbocycles. The Bertz CT molecular complexity index is 77.3. The van der Waals surface area contributed by atoms with Gasteiger partial charge in [-0.25, -0.2) is 0 Å². The molecule has 0 heterocycles. The summed E-state index contributed by atoms with van der Waals surface area (Å²) in [5, 5.41) is 18.6. The lowest BCUT2D eigenvalue weighted by Crippen LogP contribution is -2.34. The van der Waals surface area contributed by atoms with Gasteiger partial charge in [-0.3, -0.25) is 0 Å². The fraction of sp³-hybridized carbons (Fsp3) is 1.00. The minimum absolute atomic E-state index is 0.136. The van der Waals surface area contributed by atoms with Crippen LogP contribution in [0.3, 0.4) is 0 Å². The van der Waals surface area contributed by atoms with E-state index in [0.717, 1.165) is 0 Å². The molecule has 2 atom stereocenters. The third kappa shape index (κ3) is 2.67. The summed E-state index contributed by atoms with van der Waals surface area (Å²) in [6.07, 6.45) is -1.17. The molecule has 2 heteroatoms. The largest absolute Gasteiger partial charge is 0.390 e. The summed E-state index contributed by atoms with van der Waals surface area (Å²) in [6, 6.07) is 0. The van der Waals surface area contributed by atoms with Gasteiger partial charge in [-0.05, 0) is 11.8 Å². The first-order valence-electron chi connectivity index (χ1n) is 3.83. The van der Waals surface area contributed by atoms with Crippen molar-refractivity contribution in [3.05, 3.63) is 0 Å². The summed E-state index contributed by atoms with van der Waals surface area (Å²) >= 11 is 0. The van der Waals surface area contributed by atoms with Crippen molar-refractivity contribution in [1.82, 2.24) is 0 Å². The molecule has 0 aliphatic heterocycles. The Morgan fingerprint density at radius 3 is 1.00 bits per heavy atom. The molecule has 0 saturated heterocycles. The minimum atomic E-state index is -0.583. The van der Waals surface area contributed by atoms with Crippen LogP contribution in [-0.2, 0) is 0 Å². The van der Waals surface area contributed by atoms with E-state index in [4.69, 9.17) is 0 Å². The highest BCUT2D eigenvalue weighted by Gasteiger charge is 2.21. The third-order valence-electron chi connectivity index (χ3n) is 1.72. The van der Waals surface area contributed by atoms with Crippen molar-refractivity contribution in [2.24, 2.45) is 11.8 Å². The molecule has 10 heavy (non-hydrogen) atoms. The van der Waals surface area contributed by atoms with Gasteiger partial charge in [0.05, 0.1) is 12.2 Å². The molecule has 0 saturated carbocycles. The number of aliphatic hydroxyl groups is 2. The van der Waals surface area contributed by atoms with Gasteiger partial charge in [-0.1, -0.05) is 27.7 Å². The molecule has 0 bridgehead atoms. The van der Waals surface area contributed by atoms with Crippen molar-refractivity contribution in [2.45, 2.75) is 39.9 Å². The molecule has 2 nitrogen and oxygen atoms in total. The first-order valence-corrected chi connectivity index (χ1v) is 3.83. The standard InChI is InChI=1S/C8H18O2/c1-5(2)7(9)8(10)6(3)4/h5-10H,1-4H3/t7-,8-/m0/s1. The zero-order chi connectivity index (χ0) is 8.31. The van der Waals surface area contributed by atoms with Gasteiger partial charge in [0.25, 0.3) is 0 Å². The molecule has 0 spiro atoms. The highest BCUT2D eigenvalue weighted by atomic mass is 16.3. The van der Waals surface area contributed by atoms with E-state index in [-0.39, 0.29) is 11.8 Å². The van der Waals surface area contributed by atoms with Crippen LogP contribution in [0.1, 0.15) is 27.7 Å². The van der Waals surface area contributed by atoms with E-state index in [1.165, 1.54) is 0 Å². The van der Waals surface area contributed by atoms with Gasteiger partial charge >= 0.3 is 0 Å². The van der Waals surface area contributed by atoms with Crippen molar-refractivity contribution >= 4 is 0 Å². The lowest BCUT2D eigenvalue weighted by Gasteiger charge is -2.23. The highest BCUT2D eigenvalue weighted by molar-refractivity contribution is 4.72. The van der Waals surface area contributed by atoms with E-state index < -0.39 is 12.2 Å². The van der Waals surface area contributed by atoms with E-state index in [0.29, 0.717) is 0 Å². The Morgan fingerprint density at radius 1 is 0.700 bits per heavy atom. The average Bonchev–Trinajstić information content (AvgIpc) is 1.84. The zero-order valence-corrected chi connectivity index (χ0v) is 7.20. The van der Waals surface area contributed by atoms with E-state index in [1.54, 1.807) is 0 Å². The maximum Gasteiger partial charge on any atom is 0.0824 e. The molecule has 2 N–H and O–H groups in total. The smallest absolute Gasteiger partial charge is 0.0824 e. The van der Waals surface area contributed by atoms with Crippen molar-refractivity contribution < 1.29 is 10.2 Å². The lowest BCUT2D eigenvalue weighted by atomic mass is 9.94. The van der Waals surface area contributed by atoms with Crippen molar-refractivity contribution in [1.29, 1.82) is 0 Å². The first kappa shape index (κ1) is 9.92. The lowest BCUT2D eigenvalue weighted by molar-refractivity contribution is -0.0320. The second kappa shape index (κ2) is 3.94. The molecule has 0 aromatic carbocycles. The molecule has 0 aliphatic rings. The number of hydrogen-bond donors (Lipinski definition) is 2. The fourth-order valence-corrected chi connectivity index (χ4v) is 0.789. The monoisotopic (exact) mass is 146 g/mol. The van der Waals surface area contributed by atoms with Crippen molar-refractivity contribution in [2.75, 3.05) is 0 Å². The third-order valence-corrected chi connectivity index (χ3v) is 1.72.